The minimum atomic E-state index is -0.0214. The van der Waals surface area contributed by atoms with Crippen molar-refractivity contribution in [3.05, 3.63) is 160 Å². The van der Waals surface area contributed by atoms with Gasteiger partial charge in [-0.05, 0) is 86.2 Å². The second kappa shape index (κ2) is 10.6. The Hall–Kier alpha value is -4.34. The molecule has 0 spiro atoms. The smallest absolute Gasteiger partial charge is 0.111 e. The third-order valence-corrected chi connectivity index (χ3v) is 13.7. The number of benzene rings is 5. The van der Waals surface area contributed by atoms with Crippen LogP contribution in [0.15, 0.2) is 131 Å². The van der Waals surface area contributed by atoms with E-state index in [1.54, 1.807) is 0 Å². The van der Waals surface area contributed by atoms with Gasteiger partial charge in [0.25, 0.3) is 0 Å². The maximum atomic E-state index is 5.42. The highest BCUT2D eigenvalue weighted by Gasteiger charge is 2.44. The van der Waals surface area contributed by atoms with E-state index in [1.165, 1.54) is 66.1 Å². The van der Waals surface area contributed by atoms with Crippen molar-refractivity contribution in [3.8, 4) is 22.3 Å². The fraction of sp³-hybridized carbons (Fsp3) is 0.283. The molecule has 5 unspecified atom stereocenters. The van der Waals surface area contributed by atoms with Crippen LogP contribution >= 0.6 is 11.8 Å². The maximum absolute atomic E-state index is 5.42. The number of nitrogens with zero attached hydrogens (tertiary/aromatic N) is 1. The van der Waals surface area contributed by atoms with E-state index in [9.17, 15) is 0 Å². The lowest BCUT2D eigenvalue weighted by molar-refractivity contribution is 0.458. The zero-order valence-electron chi connectivity index (χ0n) is 28.7. The van der Waals surface area contributed by atoms with Gasteiger partial charge in [-0.1, -0.05) is 149 Å². The fourth-order valence-electron chi connectivity index (χ4n) is 9.77. The summed E-state index contributed by atoms with van der Waals surface area (Å²) in [6.07, 6.45) is 7.15. The van der Waals surface area contributed by atoms with Gasteiger partial charge in [0.15, 0.2) is 0 Å². The van der Waals surface area contributed by atoms with Gasteiger partial charge in [0.05, 0.1) is 6.04 Å². The molecular weight excluding hydrogens is 613 g/mol. The largest absolute Gasteiger partial charge is 0.366 e. The van der Waals surface area contributed by atoms with Crippen molar-refractivity contribution in [2.24, 2.45) is 10.9 Å². The van der Waals surface area contributed by atoms with Gasteiger partial charge in [-0.15, -0.1) is 0 Å². The molecule has 3 aliphatic carbocycles. The Morgan fingerprint density at radius 1 is 0.592 bits per heavy atom. The van der Waals surface area contributed by atoms with Crippen molar-refractivity contribution in [1.29, 1.82) is 0 Å². The Morgan fingerprint density at radius 3 is 2.04 bits per heavy atom. The zero-order chi connectivity index (χ0) is 33.1. The lowest BCUT2D eigenvalue weighted by Crippen LogP contribution is -2.43. The van der Waals surface area contributed by atoms with Gasteiger partial charge < -0.3 is 5.32 Å². The number of allylic oxidation sites excluding steroid dienone is 1. The summed E-state index contributed by atoms with van der Waals surface area (Å²) in [4.78, 5) is 6.79. The number of thioether (sulfide) groups is 1. The van der Waals surface area contributed by atoms with Crippen LogP contribution in [0, 0.1) is 5.92 Å². The second-order valence-corrected chi connectivity index (χ2v) is 17.0. The SMILES string of the molecule is CC1(C)c2ccccc2-c2cc3c(cc21)C(C)(C)c1ccc(C2C=CC(C4=NC5Sc6ccccc6C5C(c5ccccc5)N4)CC2)cc1-3. The molecule has 0 radical (unpaired) electrons. The number of aliphatic imine (C=N–C) groups is 1. The molecule has 0 bridgehead atoms. The molecule has 10 rings (SSSR count). The first-order chi connectivity index (χ1) is 23.8. The summed E-state index contributed by atoms with van der Waals surface area (Å²) in [7, 11) is 0. The minimum Gasteiger partial charge on any atom is -0.366 e. The summed E-state index contributed by atoms with van der Waals surface area (Å²) < 4.78 is 0. The molecule has 5 atom stereocenters. The van der Waals surface area contributed by atoms with E-state index in [0.29, 0.717) is 17.8 Å². The van der Waals surface area contributed by atoms with Crippen LogP contribution in [0.3, 0.4) is 0 Å². The highest BCUT2D eigenvalue weighted by atomic mass is 32.2. The zero-order valence-corrected chi connectivity index (χ0v) is 29.5. The van der Waals surface area contributed by atoms with Gasteiger partial charge in [0.2, 0.25) is 0 Å². The summed E-state index contributed by atoms with van der Waals surface area (Å²) in [5, 5.41) is 4.19. The molecule has 0 saturated carbocycles. The van der Waals surface area contributed by atoms with Crippen LogP contribution in [0.5, 0.6) is 0 Å². The van der Waals surface area contributed by atoms with Crippen LogP contribution in [-0.4, -0.2) is 11.2 Å². The molecule has 0 amide bonds. The van der Waals surface area contributed by atoms with Gasteiger partial charge in [-0.3, -0.25) is 4.99 Å². The van der Waals surface area contributed by atoms with Crippen LogP contribution in [0.2, 0.25) is 0 Å². The Balaban J connectivity index is 0.968. The fourth-order valence-corrected chi connectivity index (χ4v) is 11.1. The molecule has 5 aromatic rings. The first-order valence-electron chi connectivity index (χ1n) is 18.1. The minimum absolute atomic E-state index is 0.0142. The standard InChI is InChI=1S/C46H42N2S/c1-45(2)36-16-10-8-14-31(36)34-25-35-33-24-30(22-23-37(33)46(3,4)39(35)26-38(34)45)27-18-20-29(21-19-27)43-47-42(28-12-6-5-7-13-28)41-32-15-9-11-17-40(32)49-44(41)48-43/h5-18,20,22-27,29,41-42,44H,19,21H2,1-4H3,(H,47,48). The molecule has 5 aromatic carbocycles. The number of rotatable bonds is 3. The average Bonchev–Trinajstić information content (AvgIpc) is 3.70. The summed E-state index contributed by atoms with van der Waals surface area (Å²) in [6.45, 7) is 9.60. The predicted molar refractivity (Wildman–Crippen MR) is 205 cm³/mol. The predicted octanol–water partition coefficient (Wildman–Crippen LogP) is 11.3. The van der Waals surface area contributed by atoms with Gasteiger partial charge >= 0.3 is 0 Å². The third kappa shape index (κ3) is 4.31. The monoisotopic (exact) mass is 654 g/mol. The van der Waals surface area contributed by atoms with Crippen LogP contribution in [0.25, 0.3) is 22.3 Å². The first kappa shape index (κ1) is 29.6. The van der Waals surface area contributed by atoms with Gasteiger partial charge in [-0.25, -0.2) is 0 Å². The quantitative estimate of drug-likeness (QED) is 0.196. The van der Waals surface area contributed by atoms with Gasteiger partial charge in [0.1, 0.15) is 11.2 Å². The second-order valence-electron chi connectivity index (χ2n) is 15.8. The Morgan fingerprint density at radius 2 is 1.24 bits per heavy atom. The number of hydrogen-bond acceptors (Lipinski definition) is 3. The van der Waals surface area contributed by atoms with Crippen LogP contribution in [-0.2, 0) is 10.8 Å². The number of amidine groups is 1. The molecule has 0 saturated heterocycles. The van der Waals surface area contributed by atoms with Crippen molar-refractivity contribution < 1.29 is 0 Å². The lowest BCUT2D eigenvalue weighted by Gasteiger charge is -2.37. The van der Waals surface area contributed by atoms with E-state index in [4.69, 9.17) is 4.99 Å². The molecule has 5 aliphatic rings. The Bertz CT molecular complexity index is 2220. The molecule has 2 aliphatic heterocycles. The molecule has 1 N–H and O–H groups in total. The highest BCUT2D eigenvalue weighted by molar-refractivity contribution is 8.00. The average molecular weight is 655 g/mol. The summed E-state index contributed by atoms with van der Waals surface area (Å²) in [5.41, 5.74) is 15.7. The number of nitrogens with one attached hydrogen (secondary N) is 1. The van der Waals surface area contributed by atoms with Crippen molar-refractivity contribution in [3.63, 3.8) is 0 Å². The maximum Gasteiger partial charge on any atom is 0.111 e. The van der Waals surface area contributed by atoms with Gasteiger partial charge in [-0.2, -0.15) is 0 Å². The topological polar surface area (TPSA) is 24.4 Å². The molecular formula is C46H42N2S. The molecule has 2 heterocycles. The molecule has 49 heavy (non-hydrogen) atoms. The van der Waals surface area contributed by atoms with Crippen molar-refractivity contribution in [2.45, 2.75) is 79.5 Å². The van der Waals surface area contributed by atoms with E-state index in [2.05, 4.69) is 154 Å². The summed E-state index contributed by atoms with van der Waals surface area (Å²) in [5.74, 6) is 2.22. The Kier molecular flexibility index (Phi) is 6.38. The summed E-state index contributed by atoms with van der Waals surface area (Å²) in [6, 6.07) is 41.6. The Labute approximate surface area is 294 Å². The third-order valence-electron chi connectivity index (χ3n) is 12.5. The van der Waals surface area contributed by atoms with Crippen LogP contribution in [0.4, 0.5) is 0 Å². The van der Waals surface area contributed by atoms with Crippen molar-refractivity contribution in [2.75, 3.05) is 0 Å². The van der Waals surface area contributed by atoms with E-state index >= 15 is 0 Å². The number of fused-ring (bicyclic) bond motifs is 9. The molecule has 242 valence electrons. The molecule has 0 fully saturated rings. The van der Waals surface area contributed by atoms with Crippen molar-refractivity contribution in [1.82, 2.24) is 5.32 Å². The summed E-state index contributed by atoms with van der Waals surface area (Å²) >= 11 is 1.94. The molecule has 3 heteroatoms. The first-order valence-corrected chi connectivity index (χ1v) is 18.9. The lowest BCUT2D eigenvalue weighted by atomic mass is 9.77. The highest BCUT2D eigenvalue weighted by Crippen LogP contribution is 2.57. The molecule has 2 nitrogen and oxygen atoms in total. The van der Waals surface area contributed by atoms with E-state index < -0.39 is 0 Å². The van der Waals surface area contributed by atoms with Crippen molar-refractivity contribution >= 4 is 17.6 Å². The molecule has 0 aromatic heterocycles. The van der Waals surface area contributed by atoms with E-state index in [-0.39, 0.29) is 22.2 Å². The van der Waals surface area contributed by atoms with Gasteiger partial charge in [0, 0.05) is 33.5 Å². The van der Waals surface area contributed by atoms with Crippen LogP contribution in [0.1, 0.15) is 97.4 Å². The number of hydrogen-bond donors (Lipinski definition) is 1. The van der Waals surface area contributed by atoms with Crippen LogP contribution < -0.4 is 5.32 Å². The van der Waals surface area contributed by atoms with E-state index in [1.807, 2.05) is 11.8 Å². The normalized spacial score (nSPS) is 26.0. The van der Waals surface area contributed by atoms with E-state index in [0.717, 1.165) is 18.7 Å².